The first-order chi connectivity index (χ1) is 8.15. The maximum absolute atomic E-state index is 5.25. The Kier molecular flexibility index (Phi) is 5.74. The fourth-order valence-corrected chi connectivity index (χ4v) is 1.98. The minimum atomic E-state index is -0.274. The molecule has 0 aliphatic carbocycles. The molecule has 0 N–H and O–H groups in total. The molecule has 0 atom stereocenters. The average molecular weight is 305 g/mol. The van der Waals surface area contributed by atoms with Crippen LogP contribution in [0.3, 0.4) is 0 Å². The van der Waals surface area contributed by atoms with E-state index in [2.05, 4.69) is 15.9 Å². The summed E-state index contributed by atoms with van der Waals surface area (Å²) < 4.78 is 21.8. The number of halogens is 1. The Morgan fingerprint density at radius 2 is 1.53 bits per heavy atom. The molecule has 0 aliphatic heterocycles. The largest absolute Gasteiger partial charge is 0.493 e. The second-order valence-corrected chi connectivity index (χ2v) is 4.26. The Labute approximate surface area is 110 Å². The highest BCUT2D eigenvalue weighted by Crippen LogP contribution is 2.33. The molecular weight excluding hydrogens is 288 g/mol. The van der Waals surface area contributed by atoms with E-state index in [1.807, 2.05) is 12.1 Å². The highest BCUT2D eigenvalue weighted by Gasteiger charge is 2.13. The van der Waals surface area contributed by atoms with Gasteiger partial charge in [0, 0.05) is 25.1 Å². The van der Waals surface area contributed by atoms with Crippen LogP contribution in [0.2, 0.25) is 0 Å². The van der Waals surface area contributed by atoms with Gasteiger partial charge in [0.2, 0.25) is 0 Å². The molecule has 0 unspecified atom stereocenters. The predicted molar refractivity (Wildman–Crippen MR) is 68.8 cm³/mol. The van der Waals surface area contributed by atoms with Gasteiger partial charge in [-0.05, 0) is 17.7 Å². The number of methoxy groups -OCH3 is 4. The topological polar surface area (TPSA) is 36.9 Å². The lowest BCUT2D eigenvalue weighted by Crippen LogP contribution is -2.16. The van der Waals surface area contributed by atoms with E-state index in [-0.39, 0.29) is 6.29 Å². The molecule has 0 aliphatic rings. The van der Waals surface area contributed by atoms with Crippen LogP contribution in [0.25, 0.3) is 0 Å². The first-order valence-corrected chi connectivity index (χ1v) is 5.91. The van der Waals surface area contributed by atoms with E-state index in [1.54, 1.807) is 28.4 Å². The molecule has 0 saturated carbocycles. The fourth-order valence-electron chi connectivity index (χ4n) is 1.50. The van der Waals surface area contributed by atoms with Crippen molar-refractivity contribution in [2.75, 3.05) is 28.4 Å². The number of rotatable bonds is 6. The van der Waals surface area contributed by atoms with Crippen molar-refractivity contribution in [1.82, 2.24) is 0 Å². The van der Waals surface area contributed by atoms with Gasteiger partial charge in [-0.3, -0.25) is 0 Å². The Hall–Kier alpha value is -0.780. The molecule has 0 saturated heterocycles. The van der Waals surface area contributed by atoms with Crippen molar-refractivity contribution < 1.29 is 18.9 Å². The van der Waals surface area contributed by atoms with Crippen LogP contribution in [-0.4, -0.2) is 34.7 Å². The molecule has 0 spiro atoms. The minimum Gasteiger partial charge on any atom is -0.493 e. The molecule has 1 rings (SSSR count). The van der Waals surface area contributed by atoms with E-state index in [4.69, 9.17) is 18.9 Å². The average Bonchev–Trinajstić information content (AvgIpc) is 2.36. The van der Waals surface area contributed by atoms with E-state index >= 15 is 0 Å². The SMILES string of the molecule is COc1cc(Br)c(CC(OC)OC)cc1OC. The summed E-state index contributed by atoms with van der Waals surface area (Å²) in [4.78, 5) is 0. The minimum absolute atomic E-state index is 0.274. The van der Waals surface area contributed by atoms with Crippen LogP contribution in [0, 0.1) is 0 Å². The Morgan fingerprint density at radius 1 is 1.00 bits per heavy atom. The summed E-state index contributed by atoms with van der Waals surface area (Å²) in [6.45, 7) is 0. The lowest BCUT2D eigenvalue weighted by Gasteiger charge is -2.16. The van der Waals surface area contributed by atoms with Crippen LogP contribution in [0.15, 0.2) is 16.6 Å². The van der Waals surface area contributed by atoms with E-state index in [0.717, 1.165) is 10.0 Å². The molecule has 0 heterocycles. The van der Waals surface area contributed by atoms with E-state index in [9.17, 15) is 0 Å². The molecule has 0 bridgehead atoms. The van der Waals surface area contributed by atoms with Gasteiger partial charge in [-0.2, -0.15) is 0 Å². The molecule has 0 radical (unpaired) electrons. The molecule has 5 heteroatoms. The molecule has 0 amide bonds. The second-order valence-electron chi connectivity index (χ2n) is 3.40. The lowest BCUT2D eigenvalue weighted by atomic mass is 10.1. The number of hydrogen-bond acceptors (Lipinski definition) is 4. The number of benzene rings is 1. The number of hydrogen-bond donors (Lipinski definition) is 0. The molecule has 4 nitrogen and oxygen atoms in total. The normalized spacial score (nSPS) is 10.7. The lowest BCUT2D eigenvalue weighted by molar-refractivity contribution is -0.100. The molecule has 1 aromatic carbocycles. The first-order valence-electron chi connectivity index (χ1n) is 5.12. The van der Waals surface area contributed by atoms with Crippen molar-refractivity contribution in [3.05, 3.63) is 22.2 Å². The Morgan fingerprint density at radius 3 is 2.00 bits per heavy atom. The van der Waals surface area contributed by atoms with Crippen molar-refractivity contribution in [3.63, 3.8) is 0 Å². The molecular formula is C12H17BrO4. The fraction of sp³-hybridized carbons (Fsp3) is 0.500. The van der Waals surface area contributed by atoms with Gasteiger partial charge >= 0.3 is 0 Å². The van der Waals surface area contributed by atoms with Gasteiger partial charge in [0.15, 0.2) is 17.8 Å². The third kappa shape index (κ3) is 3.59. The quantitative estimate of drug-likeness (QED) is 0.757. The van der Waals surface area contributed by atoms with E-state index in [0.29, 0.717) is 17.9 Å². The maximum atomic E-state index is 5.25. The molecule has 0 aromatic heterocycles. The van der Waals surface area contributed by atoms with Crippen molar-refractivity contribution in [1.29, 1.82) is 0 Å². The van der Waals surface area contributed by atoms with Gasteiger partial charge in [0.1, 0.15) is 0 Å². The second kappa shape index (κ2) is 6.83. The third-order valence-electron chi connectivity index (χ3n) is 2.46. The van der Waals surface area contributed by atoms with Gasteiger partial charge in [0.05, 0.1) is 14.2 Å². The van der Waals surface area contributed by atoms with Crippen LogP contribution < -0.4 is 9.47 Å². The summed E-state index contributed by atoms with van der Waals surface area (Å²) in [5, 5.41) is 0. The standard InChI is InChI=1S/C12H17BrO4/c1-14-10-5-8(6-12(16-3)17-4)9(13)7-11(10)15-2/h5,7,12H,6H2,1-4H3. The summed E-state index contributed by atoms with van der Waals surface area (Å²) in [5.41, 5.74) is 1.04. The Bertz CT molecular complexity index is 364. The molecule has 1 aromatic rings. The van der Waals surface area contributed by atoms with E-state index < -0.39 is 0 Å². The summed E-state index contributed by atoms with van der Waals surface area (Å²) >= 11 is 3.49. The first kappa shape index (κ1) is 14.3. The monoisotopic (exact) mass is 304 g/mol. The summed E-state index contributed by atoms with van der Waals surface area (Å²) in [7, 11) is 6.45. The molecule has 0 fully saturated rings. The zero-order chi connectivity index (χ0) is 12.8. The third-order valence-corrected chi connectivity index (χ3v) is 3.20. The van der Waals surface area contributed by atoms with Crippen LogP contribution in [0.5, 0.6) is 11.5 Å². The van der Waals surface area contributed by atoms with Crippen LogP contribution >= 0.6 is 15.9 Å². The Balaban J connectivity index is 2.99. The highest BCUT2D eigenvalue weighted by molar-refractivity contribution is 9.10. The molecule has 17 heavy (non-hydrogen) atoms. The number of ether oxygens (including phenoxy) is 4. The van der Waals surface area contributed by atoms with Crippen LogP contribution in [-0.2, 0) is 15.9 Å². The summed E-state index contributed by atoms with van der Waals surface area (Å²) in [5.74, 6) is 1.38. The van der Waals surface area contributed by atoms with Crippen molar-refractivity contribution >= 4 is 15.9 Å². The van der Waals surface area contributed by atoms with Gasteiger partial charge in [-0.25, -0.2) is 0 Å². The zero-order valence-corrected chi connectivity index (χ0v) is 12.0. The van der Waals surface area contributed by atoms with Gasteiger partial charge < -0.3 is 18.9 Å². The molecule has 96 valence electrons. The van der Waals surface area contributed by atoms with Crippen molar-refractivity contribution in [3.8, 4) is 11.5 Å². The van der Waals surface area contributed by atoms with E-state index in [1.165, 1.54) is 0 Å². The summed E-state index contributed by atoms with van der Waals surface area (Å²) in [6.07, 6.45) is 0.359. The highest BCUT2D eigenvalue weighted by atomic mass is 79.9. The van der Waals surface area contributed by atoms with Crippen LogP contribution in [0.4, 0.5) is 0 Å². The predicted octanol–water partition coefficient (Wildman–Crippen LogP) is 2.63. The van der Waals surface area contributed by atoms with Crippen molar-refractivity contribution in [2.45, 2.75) is 12.7 Å². The van der Waals surface area contributed by atoms with Crippen molar-refractivity contribution in [2.24, 2.45) is 0 Å². The zero-order valence-electron chi connectivity index (χ0n) is 10.5. The van der Waals surface area contributed by atoms with Gasteiger partial charge in [-0.1, -0.05) is 15.9 Å². The smallest absolute Gasteiger partial charge is 0.161 e. The van der Waals surface area contributed by atoms with Crippen LogP contribution in [0.1, 0.15) is 5.56 Å². The van der Waals surface area contributed by atoms with Gasteiger partial charge in [0.25, 0.3) is 0 Å². The maximum Gasteiger partial charge on any atom is 0.161 e. The van der Waals surface area contributed by atoms with Gasteiger partial charge in [-0.15, -0.1) is 0 Å². The summed E-state index contributed by atoms with van der Waals surface area (Å²) in [6, 6.07) is 3.78.